The quantitative estimate of drug-likeness (QED) is 0.866. The highest BCUT2D eigenvalue weighted by molar-refractivity contribution is 7.07. The first-order valence-corrected chi connectivity index (χ1v) is 5.58. The van der Waals surface area contributed by atoms with Gasteiger partial charge in [0.2, 0.25) is 0 Å². The Morgan fingerprint density at radius 3 is 2.87 bits per heavy atom. The molecule has 0 aliphatic heterocycles. The first kappa shape index (κ1) is 10.3. The summed E-state index contributed by atoms with van der Waals surface area (Å²) in [5.41, 5.74) is 7.87. The van der Waals surface area contributed by atoms with Crippen molar-refractivity contribution >= 4 is 11.3 Å². The molecule has 0 saturated heterocycles. The van der Waals surface area contributed by atoms with Crippen LogP contribution in [-0.4, -0.2) is 4.98 Å². The number of rotatable bonds is 3. The lowest BCUT2D eigenvalue weighted by atomic mass is 10.1. The minimum Gasteiger partial charge on any atom is -0.322 e. The molecule has 2 rings (SSSR count). The van der Waals surface area contributed by atoms with Gasteiger partial charge in [-0.25, -0.2) is 4.39 Å². The van der Waals surface area contributed by atoms with Crippen molar-refractivity contribution in [1.29, 1.82) is 0 Å². The molecule has 0 fully saturated rings. The third kappa shape index (κ3) is 2.61. The zero-order valence-electron chi connectivity index (χ0n) is 8.06. The first-order chi connectivity index (χ1) is 7.25. The molecule has 0 bridgehead atoms. The third-order valence-electron chi connectivity index (χ3n) is 2.17. The van der Waals surface area contributed by atoms with Gasteiger partial charge < -0.3 is 5.73 Å². The van der Waals surface area contributed by atoms with E-state index in [0.29, 0.717) is 0 Å². The second-order valence-electron chi connectivity index (χ2n) is 3.34. The van der Waals surface area contributed by atoms with Crippen molar-refractivity contribution in [2.45, 2.75) is 12.5 Å². The van der Waals surface area contributed by atoms with Crippen molar-refractivity contribution in [1.82, 2.24) is 4.98 Å². The van der Waals surface area contributed by atoms with Crippen LogP contribution in [0.15, 0.2) is 35.2 Å². The fraction of sp³-hybridized carbons (Fsp3) is 0.182. The Morgan fingerprint density at radius 1 is 1.40 bits per heavy atom. The van der Waals surface area contributed by atoms with Gasteiger partial charge in [-0.15, -0.1) is 0 Å². The van der Waals surface area contributed by atoms with Gasteiger partial charge in [0, 0.05) is 0 Å². The number of thiophene rings is 1. The Morgan fingerprint density at radius 2 is 2.27 bits per heavy atom. The summed E-state index contributed by atoms with van der Waals surface area (Å²) in [5, 5.41) is 4.07. The van der Waals surface area contributed by atoms with E-state index in [0.717, 1.165) is 12.1 Å². The summed E-state index contributed by atoms with van der Waals surface area (Å²) < 4.78 is 12.6. The fourth-order valence-electron chi connectivity index (χ4n) is 1.37. The van der Waals surface area contributed by atoms with Crippen molar-refractivity contribution < 1.29 is 4.39 Å². The van der Waals surface area contributed by atoms with Crippen LogP contribution in [0.3, 0.4) is 0 Å². The van der Waals surface area contributed by atoms with Crippen molar-refractivity contribution in [2.75, 3.05) is 0 Å². The number of hydrogen-bond donors (Lipinski definition) is 1. The SMILES string of the molecule is NC(Cc1ccsc1)c1ccc(F)cn1. The lowest BCUT2D eigenvalue weighted by Gasteiger charge is -2.09. The van der Waals surface area contributed by atoms with Gasteiger partial charge in [-0.1, -0.05) is 0 Å². The summed E-state index contributed by atoms with van der Waals surface area (Å²) in [7, 11) is 0. The van der Waals surface area contributed by atoms with Crippen molar-refractivity contribution in [2.24, 2.45) is 5.73 Å². The lowest BCUT2D eigenvalue weighted by molar-refractivity contribution is 0.612. The number of hydrogen-bond acceptors (Lipinski definition) is 3. The maximum Gasteiger partial charge on any atom is 0.141 e. The molecule has 0 aromatic carbocycles. The number of nitrogens with two attached hydrogens (primary N) is 1. The molecule has 0 saturated carbocycles. The predicted molar refractivity (Wildman–Crippen MR) is 59.1 cm³/mol. The highest BCUT2D eigenvalue weighted by atomic mass is 32.1. The van der Waals surface area contributed by atoms with Gasteiger partial charge >= 0.3 is 0 Å². The largest absolute Gasteiger partial charge is 0.322 e. The summed E-state index contributed by atoms with van der Waals surface area (Å²) in [4.78, 5) is 3.96. The van der Waals surface area contributed by atoms with Crippen LogP contribution in [0, 0.1) is 5.82 Å². The molecule has 0 radical (unpaired) electrons. The summed E-state index contributed by atoms with van der Waals surface area (Å²) in [6.07, 6.45) is 1.94. The van der Waals surface area contributed by atoms with E-state index in [9.17, 15) is 4.39 Å². The number of nitrogens with zero attached hydrogens (tertiary/aromatic N) is 1. The molecule has 2 nitrogen and oxygen atoms in total. The molecule has 15 heavy (non-hydrogen) atoms. The maximum absolute atomic E-state index is 12.6. The van der Waals surface area contributed by atoms with Crippen LogP contribution in [0.2, 0.25) is 0 Å². The third-order valence-corrected chi connectivity index (χ3v) is 2.90. The maximum atomic E-state index is 12.6. The molecule has 4 heteroatoms. The van der Waals surface area contributed by atoms with Crippen molar-refractivity contribution in [3.8, 4) is 0 Å². The molecule has 0 aliphatic carbocycles. The van der Waals surface area contributed by atoms with Gasteiger partial charge in [-0.05, 0) is 40.9 Å². The van der Waals surface area contributed by atoms with Crippen LogP contribution in [-0.2, 0) is 6.42 Å². The Bertz CT molecular complexity index is 411. The molecule has 78 valence electrons. The summed E-state index contributed by atoms with van der Waals surface area (Å²) >= 11 is 1.64. The van der Waals surface area contributed by atoms with E-state index in [-0.39, 0.29) is 11.9 Å². The average molecular weight is 222 g/mol. The minimum absolute atomic E-state index is 0.166. The molecule has 2 aromatic rings. The average Bonchev–Trinajstić information content (AvgIpc) is 2.71. The van der Waals surface area contributed by atoms with E-state index in [1.54, 1.807) is 17.4 Å². The van der Waals surface area contributed by atoms with E-state index >= 15 is 0 Å². The van der Waals surface area contributed by atoms with Gasteiger partial charge in [-0.2, -0.15) is 11.3 Å². The molecule has 2 heterocycles. The molecule has 2 N–H and O–H groups in total. The molecular formula is C11H11FN2S. The highest BCUT2D eigenvalue weighted by Gasteiger charge is 2.08. The van der Waals surface area contributed by atoms with Crippen LogP contribution >= 0.6 is 11.3 Å². The predicted octanol–water partition coefficient (Wildman–Crippen LogP) is 2.52. The molecular weight excluding hydrogens is 211 g/mol. The number of aromatic nitrogens is 1. The van der Waals surface area contributed by atoms with Crippen LogP contribution in [0.4, 0.5) is 4.39 Å². The Labute approximate surface area is 91.6 Å². The molecule has 2 aromatic heterocycles. The monoisotopic (exact) mass is 222 g/mol. The highest BCUT2D eigenvalue weighted by Crippen LogP contribution is 2.16. The first-order valence-electron chi connectivity index (χ1n) is 4.64. The normalized spacial score (nSPS) is 12.7. The van der Waals surface area contributed by atoms with Crippen LogP contribution in [0.5, 0.6) is 0 Å². The van der Waals surface area contributed by atoms with E-state index in [4.69, 9.17) is 5.73 Å². The Kier molecular flexibility index (Phi) is 3.08. The van der Waals surface area contributed by atoms with Crippen LogP contribution in [0.25, 0.3) is 0 Å². The summed E-state index contributed by atoms with van der Waals surface area (Å²) in [6, 6.07) is 4.89. The van der Waals surface area contributed by atoms with Gasteiger partial charge in [0.05, 0.1) is 17.9 Å². The standard InChI is InChI=1S/C11H11FN2S/c12-9-1-2-11(14-6-9)10(13)5-8-3-4-15-7-8/h1-4,6-7,10H,5,13H2. The van der Waals surface area contributed by atoms with E-state index < -0.39 is 0 Å². The minimum atomic E-state index is -0.332. The zero-order chi connectivity index (χ0) is 10.7. The van der Waals surface area contributed by atoms with Gasteiger partial charge in [0.25, 0.3) is 0 Å². The van der Waals surface area contributed by atoms with E-state index in [2.05, 4.69) is 10.4 Å². The van der Waals surface area contributed by atoms with Crippen LogP contribution in [0.1, 0.15) is 17.3 Å². The molecule has 0 amide bonds. The molecule has 1 unspecified atom stereocenters. The Balaban J connectivity index is 2.08. The second kappa shape index (κ2) is 4.51. The smallest absolute Gasteiger partial charge is 0.141 e. The van der Waals surface area contributed by atoms with Crippen LogP contribution < -0.4 is 5.73 Å². The van der Waals surface area contributed by atoms with Gasteiger partial charge in [-0.3, -0.25) is 4.98 Å². The zero-order valence-corrected chi connectivity index (χ0v) is 8.88. The molecule has 0 aliphatic rings. The van der Waals surface area contributed by atoms with Gasteiger partial charge in [0.1, 0.15) is 5.82 Å². The number of pyridine rings is 1. The van der Waals surface area contributed by atoms with Crippen molar-refractivity contribution in [3.05, 3.63) is 52.2 Å². The molecule has 0 spiro atoms. The lowest BCUT2D eigenvalue weighted by Crippen LogP contribution is -2.14. The molecule has 1 atom stereocenters. The van der Waals surface area contributed by atoms with E-state index in [1.165, 1.54) is 17.8 Å². The summed E-state index contributed by atoms with van der Waals surface area (Å²) in [6.45, 7) is 0. The fourth-order valence-corrected chi connectivity index (χ4v) is 2.06. The second-order valence-corrected chi connectivity index (χ2v) is 4.12. The topological polar surface area (TPSA) is 38.9 Å². The van der Waals surface area contributed by atoms with Crippen molar-refractivity contribution in [3.63, 3.8) is 0 Å². The summed E-state index contributed by atoms with van der Waals surface area (Å²) in [5.74, 6) is -0.332. The van der Waals surface area contributed by atoms with E-state index in [1.807, 2.05) is 11.4 Å². The number of halogens is 1. The Hall–Kier alpha value is -1.26. The van der Waals surface area contributed by atoms with Gasteiger partial charge in [0.15, 0.2) is 0 Å².